The minimum Gasteiger partial charge on any atom is -0.343 e. The van der Waals surface area contributed by atoms with Gasteiger partial charge in [0.05, 0.1) is 5.56 Å². The summed E-state index contributed by atoms with van der Waals surface area (Å²) in [7, 11) is 1.67. The third-order valence-electron chi connectivity index (χ3n) is 3.97. The van der Waals surface area contributed by atoms with Crippen LogP contribution >= 0.6 is 0 Å². The number of halogens is 3. The standard InChI is InChI=1S/C17H19F3N4O2/c1-10(2)24(3)14(25)8-7-13-16(26)21-15(23-22-13)11-5-4-6-12(9-11)17(18,19)20/h4-6,9-10H,7-8H2,1-3H3,(H,21,23,26). The Morgan fingerprint density at radius 2 is 1.96 bits per heavy atom. The van der Waals surface area contributed by atoms with Crippen LogP contribution in [0.25, 0.3) is 11.4 Å². The normalized spacial score (nSPS) is 11.7. The summed E-state index contributed by atoms with van der Waals surface area (Å²) in [5.74, 6) is -0.196. The Morgan fingerprint density at radius 3 is 2.54 bits per heavy atom. The Morgan fingerprint density at radius 1 is 1.27 bits per heavy atom. The van der Waals surface area contributed by atoms with E-state index in [1.54, 1.807) is 11.9 Å². The lowest BCUT2D eigenvalue weighted by molar-refractivity contribution is -0.137. The van der Waals surface area contributed by atoms with E-state index in [1.807, 2.05) is 13.8 Å². The van der Waals surface area contributed by atoms with Gasteiger partial charge in [-0.15, -0.1) is 10.2 Å². The summed E-state index contributed by atoms with van der Waals surface area (Å²) in [6.45, 7) is 3.74. The number of carbonyl (C=O) groups is 1. The zero-order valence-corrected chi connectivity index (χ0v) is 14.6. The Balaban J connectivity index is 2.18. The van der Waals surface area contributed by atoms with Crippen molar-refractivity contribution >= 4 is 5.91 Å². The molecule has 9 heteroatoms. The lowest BCUT2D eigenvalue weighted by Gasteiger charge is -2.21. The number of hydrogen-bond acceptors (Lipinski definition) is 4. The van der Waals surface area contributed by atoms with Gasteiger partial charge in [-0.3, -0.25) is 9.59 Å². The third kappa shape index (κ3) is 4.68. The summed E-state index contributed by atoms with van der Waals surface area (Å²) in [5.41, 5.74) is -1.26. The summed E-state index contributed by atoms with van der Waals surface area (Å²) in [5, 5.41) is 7.57. The molecule has 1 aromatic heterocycles. The summed E-state index contributed by atoms with van der Waals surface area (Å²) in [6, 6.07) is 4.49. The molecular formula is C17H19F3N4O2. The molecule has 0 saturated heterocycles. The number of carbonyl (C=O) groups excluding carboxylic acids is 1. The largest absolute Gasteiger partial charge is 0.416 e. The van der Waals surface area contributed by atoms with Crippen LogP contribution in [-0.4, -0.2) is 39.1 Å². The molecule has 26 heavy (non-hydrogen) atoms. The van der Waals surface area contributed by atoms with Crippen LogP contribution in [0.2, 0.25) is 0 Å². The van der Waals surface area contributed by atoms with Gasteiger partial charge in [0.2, 0.25) is 5.91 Å². The van der Waals surface area contributed by atoms with Crippen LogP contribution in [0, 0.1) is 0 Å². The van der Waals surface area contributed by atoms with Crippen molar-refractivity contribution in [1.82, 2.24) is 20.1 Å². The molecule has 1 aromatic carbocycles. The number of hydrogen-bond donors (Lipinski definition) is 1. The minimum atomic E-state index is -4.49. The number of alkyl halides is 3. The first kappa shape index (κ1) is 19.6. The van der Waals surface area contributed by atoms with Crippen LogP contribution < -0.4 is 5.56 Å². The van der Waals surface area contributed by atoms with Gasteiger partial charge in [0, 0.05) is 31.5 Å². The minimum absolute atomic E-state index is 0.0372. The molecule has 1 N–H and O–H groups in total. The van der Waals surface area contributed by atoms with E-state index in [9.17, 15) is 22.8 Å². The van der Waals surface area contributed by atoms with Crippen LogP contribution in [0.4, 0.5) is 13.2 Å². The molecule has 1 heterocycles. The first-order valence-corrected chi connectivity index (χ1v) is 7.98. The zero-order chi connectivity index (χ0) is 19.5. The Kier molecular flexibility index (Phi) is 5.79. The van der Waals surface area contributed by atoms with Gasteiger partial charge in [0.1, 0.15) is 5.69 Å². The number of rotatable bonds is 5. The summed E-state index contributed by atoms with van der Waals surface area (Å²) in [4.78, 5) is 28.0. The fourth-order valence-corrected chi connectivity index (χ4v) is 2.19. The van der Waals surface area contributed by atoms with Gasteiger partial charge in [-0.2, -0.15) is 13.2 Å². The van der Waals surface area contributed by atoms with Gasteiger partial charge in [-0.25, -0.2) is 0 Å². The van der Waals surface area contributed by atoms with Gasteiger partial charge < -0.3 is 9.88 Å². The van der Waals surface area contributed by atoms with Crippen LogP contribution in [-0.2, 0) is 17.4 Å². The molecule has 2 aromatic rings. The third-order valence-corrected chi connectivity index (χ3v) is 3.97. The number of benzene rings is 1. The Hall–Kier alpha value is -2.71. The maximum absolute atomic E-state index is 12.8. The van der Waals surface area contributed by atoms with Crippen molar-refractivity contribution in [2.45, 2.75) is 38.9 Å². The molecule has 140 valence electrons. The highest BCUT2D eigenvalue weighted by atomic mass is 19.4. The highest BCUT2D eigenvalue weighted by Gasteiger charge is 2.30. The number of nitrogens with one attached hydrogen (secondary N) is 1. The van der Waals surface area contributed by atoms with E-state index in [2.05, 4.69) is 15.2 Å². The molecular weight excluding hydrogens is 349 g/mol. The summed E-state index contributed by atoms with van der Waals surface area (Å²) < 4.78 is 38.3. The van der Waals surface area contributed by atoms with E-state index in [0.29, 0.717) is 0 Å². The molecule has 0 spiro atoms. The van der Waals surface area contributed by atoms with Gasteiger partial charge in [-0.1, -0.05) is 12.1 Å². The van der Waals surface area contributed by atoms with Crippen molar-refractivity contribution in [3.8, 4) is 11.4 Å². The monoisotopic (exact) mass is 368 g/mol. The highest BCUT2D eigenvalue weighted by Crippen LogP contribution is 2.31. The predicted octanol–water partition coefficient (Wildman–Crippen LogP) is 2.65. The van der Waals surface area contributed by atoms with Gasteiger partial charge in [-0.05, 0) is 26.0 Å². The van der Waals surface area contributed by atoms with E-state index >= 15 is 0 Å². The van der Waals surface area contributed by atoms with Crippen molar-refractivity contribution < 1.29 is 18.0 Å². The van der Waals surface area contributed by atoms with Crippen molar-refractivity contribution in [2.24, 2.45) is 0 Å². The average Bonchev–Trinajstić information content (AvgIpc) is 2.59. The fraction of sp³-hybridized carbons (Fsp3) is 0.412. The molecule has 2 rings (SSSR count). The van der Waals surface area contributed by atoms with Gasteiger partial charge >= 0.3 is 6.18 Å². The summed E-state index contributed by atoms with van der Waals surface area (Å²) >= 11 is 0. The quantitative estimate of drug-likeness (QED) is 0.880. The van der Waals surface area contributed by atoms with Crippen LogP contribution in [0.5, 0.6) is 0 Å². The molecule has 0 unspecified atom stereocenters. The van der Waals surface area contributed by atoms with Gasteiger partial charge in [0.15, 0.2) is 5.82 Å². The number of aromatic amines is 1. The molecule has 0 fully saturated rings. The Bertz CT molecular complexity index is 846. The molecule has 0 radical (unpaired) electrons. The number of aromatic nitrogens is 3. The summed E-state index contributed by atoms with van der Waals surface area (Å²) in [6.07, 6.45) is -4.30. The Labute approximate surface area is 148 Å². The van der Waals surface area contributed by atoms with Crippen molar-refractivity contribution in [3.05, 3.63) is 45.9 Å². The van der Waals surface area contributed by atoms with Crippen molar-refractivity contribution in [1.29, 1.82) is 0 Å². The molecule has 0 aliphatic heterocycles. The van der Waals surface area contributed by atoms with Crippen LogP contribution in [0.15, 0.2) is 29.1 Å². The van der Waals surface area contributed by atoms with Gasteiger partial charge in [0.25, 0.3) is 5.56 Å². The van der Waals surface area contributed by atoms with Crippen molar-refractivity contribution in [2.75, 3.05) is 7.05 Å². The van der Waals surface area contributed by atoms with Crippen molar-refractivity contribution in [3.63, 3.8) is 0 Å². The topological polar surface area (TPSA) is 79.0 Å². The highest BCUT2D eigenvalue weighted by molar-refractivity contribution is 5.76. The average molecular weight is 368 g/mol. The predicted molar refractivity (Wildman–Crippen MR) is 89.3 cm³/mol. The second-order valence-corrected chi connectivity index (χ2v) is 6.13. The second kappa shape index (κ2) is 7.67. The van der Waals surface area contributed by atoms with E-state index in [-0.39, 0.29) is 41.9 Å². The van der Waals surface area contributed by atoms with E-state index in [1.165, 1.54) is 12.1 Å². The van der Waals surface area contributed by atoms with Crippen LogP contribution in [0.3, 0.4) is 0 Å². The second-order valence-electron chi connectivity index (χ2n) is 6.13. The maximum atomic E-state index is 12.8. The lowest BCUT2D eigenvalue weighted by atomic mass is 10.1. The number of amides is 1. The lowest BCUT2D eigenvalue weighted by Crippen LogP contribution is -2.33. The molecule has 0 aliphatic carbocycles. The molecule has 0 bridgehead atoms. The van der Waals surface area contributed by atoms with E-state index in [0.717, 1.165) is 12.1 Å². The van der Waals surface area contributed by atoms with Crippen LogP contribution in [0.1, 0.15) is 31.5 Å². The molecule has 1 amide bonds. The van der Waals surface area contributed by atoms with E-state index < -0.39 is 17.3 Å². The number of H-pyrrole nitrogens is 1. The molecule has 0 atom stereocenters. The first-order chi connectivity index (χ1) is 12.1. The SMILES string of the molecule is CC(C)N(C)C(=O)CCc1nnc(-c2cccc(C(F)(F)F)c2)[nH]c1=O. The first-order valence-electron chi connectivity index (χ1n) is 7.98. The molecule has 6 nitrogen and oxygen atoms in total. The molecule has 0 saturated carbocycles. The van der Waals surface area contributed by atoms with E-state index in [4.69, 9.17) is 0 Å². The number of nitrogens with zero attached hydrogens (tertiary/aromatic N) is 3. The smallest absolute Gasteiger partial charge is 0.343 e. The molecule has 0 aliphatic rings. The zero-order valence-electron chi connectivity index (χ0n) is 14.6. The number of aryl methyl sites for hydroxylation is 1. The fourth-order valence-electron chi connectivity index (χ4n) is 2.19. The maximum Gasteiger partial charge on any atom is 0.416 e.